The summed E-state index contributed by atoms with van der Waals surface area (Å²) in [6, 6.07) is 19.3. The van der Waals surface area contributed by atoms with Gasteiger partial charge >= 0.3 is 0 Å². The molecule has 0 unspecified atom stereocenters. The van der Waals surface area contributed by atoms with Crippen LogP contribution in [-0.4, -0.2) is 9.97 Å². The first-order valence-corrected chi connectivity index (χ1v) is 8.95. The van der Waals surface area contributed by atoms with E-state index in [0.717, 1.165) is 16.5 Å². The number of hydrogen-bond donors (Lipinski definition) is 3. The Morgan fingerprint density at radius 1 is 0.778 bits per heavy atom. The maximum absolute atomic E-state index is 6.28. The van der Waals surface area contributed by atoms with Crippen molar-refractivity contribution in [1.29, 1.82) is 0 Å². The first-order chi connectivity index (χ1) is 13.1. The molecule has 0 bridgehead atoms. The van der Waals surface area contributed by atoms with Crippen molar-refractivity contribution in [2.24, 2.45) is 0 Å². The summed E-state index contributed by atoms with van der Waals surface area (Å²) in [6.45, 7) is 0. The molecule has 0 spiro atoms. The summed E-state index contributed by atoms with van der Waals surface area (Å²) in [5.74, 6) is 0.964. The van der Waals surface area contributed by atoms with Crippen LogP contribution in [0, 0.1) is 0 Å². The summed E-state index contributed by atoms with van der Waals surface area (Å²) in [5.41, 5.74) is 8.24. The number of benzene rings is 3. The summed E-state index contributed by atoms with van der Waals surface area (Å²) in [5, 5.41) is 9.65. The van der Waals surface area contributed by atoms with Gasteiger partial charge < -0.3 is 16.4 Å². The van der Waals surface area contributed by atoms with Crippen molar-refractivity contribution in [2.45, 2.75) is 0 Å². The van der Waals surface area contributed by atoms with E-state index in [1.165, 1.54) is 6.33 Å². The van der Waals surface area contributed by atoms with E-state index in [0.29, 0.717) is 33.1 Å². The number of rotatable bonds is 4. The molecular formula is C20H15Cl2N5. The van der Waals surface area contributed by atoms with E-state index >= 15 is 0 Å². The van der Waals surface area contributed by atoms with E-state index < -0.39 is 0 Å². The second-order valence-electron chi connectivity index (χ2n) is 5.89. The van der Waals surface area contributed by atoms with Gasteiger partial charge in [0.05, 0.1) is 10.7 Å². The third-order valence-corrected chi connectivity index (χ3v) is 4.66. The zero-order chi connectivity index (χ0) is 18.8. The Balaban J connectivity index is 1.67. The highest BCUT2D eigenvalue weighted by molar-refractivity contribution is 6.36. The molecule has 3 aromatic carbocycles. The lowest BCUT2D eigenvalue weighted by Gasteiger charge is -2.14. The molecule has 1 aromatic heterocycles. The second-order valence-corrected chi connectivity index (χ2v) is 6.73. The minimum absolute atomic E-state index is 0.386. The second kappa shape index (κ2) is 7.31. The van der Waals surface area contributed by atoms with Crippen molar-refractivity contribution in [3.05, 3.63) is 77.0 Å². The van der Waals surface area contributed by atoms with E-state index in [-0.39, 0.29) is 0 Å². The predicted octanol–water partition coefficient (Wildman–Crippen LogP) is 6.01. The highest BCUT2D eigenvalue weighted by atomic mass is 35.5. The van der Waals surface area contributed by atoms with Crippen LogP contribution in [0.2, 0.25) is 10.0 Å². The van der Waals surface area contributed by atoms with Gasteiger partial charge in [0.15, 0.2) is 11.6 Å². The largest absolute Gasteiger partial charge is 0.393 e. The van der Waals surface area contributed by atoms with Crippen molar-refractivity contribution in [1.82, 2.24) is 9.97 Å². The summed E-state index contributed by atoms with van der Waals surface area (Å²) < 4.78 is 0. The third-order valence-electron chi connectivity index (χ3n) is 4.11. The fourth-order valence-corrected chi connectivity index (χ4v) is 3.23. The molecule has 0 radical (unpaired) electrons. The van der Waals surface area contributed by atoms with Crippen LogP contribution in [0.3, 0.4) is 0 Å². The summed E-state index contributed by atoms with van der Waals surface area (Å²) in [4.78, 5) is 8.50. The van der Waals surface area contributed by atoms with E-state index in [2.05, 4.69) is 32.7 Å². The highest BCUT2D eigenvalue weighted by Crippen LogP contribution is 2.33. The number of anilines is 5. The zero-order valence-corrected chi connectivity index (χ0v) is 15.6. The molecule has 4 rings (SSSR count). The molecule has 5 nitrogen and oxygen atoms in total. The summed E-state index contributed by atoms with van der Waals surface area (Å²) in [6.07, 6.45) is 1.44. The highest BCUT2D eigenvalue weighted by Gasteiger charge is 2.11. The van der Waals surface area contributed by atoms with Gasteiger partial charge in [-0.2, -0.15) is 0 Å². The molecule has 0 aliphatic heterocycles. The quantitative estimate of drug-likeness (QED) is 0.394. The minimum atomic E-state index is 0.386. The molecule has 0 atom stereocenters. The molecule has 1 heterocycles. The Labute approximate surface area is 166 Å². The Bertz CT molecular complexity index is 1130. The molecule has 0 amide bonds. The normalized spacial score (nSPS) is 10.7. The maximum atomic E-state index is 6.28. The Hall–Kier alpha value is -3.02. The lowest BCUT2D eigenvalue weighted by molar-refractivity contribution is 1.17. The topological polar surface area (TPSA) is 75.9 Å². The van der Waals surface area contributed by atoms with Crippen molar-refractivity contribution < 1.29 is 0 Å². The molecule has 7 heteroatoms. The van der Waals surface area contributed by atoms with E-state index in [4.69, 9.17) is 28.9 Å². The molecule has 0 fully saturated rings. The number of nitrogens with two attached hydrogens (primary N) is 1. The van der Waals surface area contributed by atoms with Crippen molar-refractivity contribution in [3.8, 4) is 0 Å². The SMILES string of the molecule is Nc1c(Nc2ccc(Cl)cc2Cl)ncnc1Nc1cccc2ccccc12. The number of nitrogens with zero attached hydrogens (tertiary/aromatic N) is 2. The standard InChI is InChI=1S/C20H15Cl2N5/c21-13-8-9-17(15(22)10-13)27-20-18(23)19(24-11-25-20)26-16-7-3-5-12-4-1-2-6-14(12)16/h1-11H,23H2,(H2,24,25,26,27). The van der Waals surface area contributed by atoms with Crippen LogP contribution in [0.15, 0.2) is 67.0 Å². The van der Waals surface area contributed by atoms with Gasteiger partial charge in [-0.1, -0.05) is 59.6 Å². The minimum Gasteiger partial charge on any atom is -0.393 e. The number of aromatic nitrogens is 2. The molecule has 4 aromatic rings. The molecule has 0 saturated heterocycles. The molecule has 0 aliphatic carbocycles. The average Bonchev–Trinajstić information content (AvgIpc) is 2.67. The number of nitrogen functional groups attached to an aromatic ring is 1. The van der Waals surface area contributed by atoms with Gasteiger partial charge in [0, 0.05) is 16.1 Å². The molecular weight excluding hydrogens is 381 g/mol. The molecule has 134 valence electrons. The van der Waals surface area contributed by atoms with E-state index in [9.17, 15) is 0 Å². The van der Waals surface area contributed by atoms with Crippen molar-refractivity contribution in [3.63, 3.8) is 0 Å². The lowest BCUT2D eigenvalue weighted by atomic mass is 10.1. The Morgan fingerprint density at radius 2 is 1.48 bits per heavy atom. The van der Waals surface area contributed by atoms with Gasteiger partial charge in [-0.05, 0) is 29.7 Å². The van der Waals surface area contributed by atoms with Gasteiger partial charge in [0.2, 0.25) is 0 Å². The van der Waals surface area contributed by atoms with E-state index in [1.54, 1.807) is 18.2 Å². The fourth-order valence-electron chi connectivity index (χ4n) is 2.78. The van der Waals surface area contributed by atoms with Gasteiger partial charge in [-0.25, -0.2) is 9.97 Å². The number of fused-ring (bicyclic) bond motifs is 1. The number of nitrogens with one attached hydrogen (secondary N) is 2. The molecule has 27 heavy (non-hydrogen) atoms. The average molecular weight is 396 g/mol. The first kappa shape index (κ1) is 17.4. The zero-order valence-electron chi connectivity index (χ0n) is 14.1. The maximum Gasteiger partial charge on any atom is 0.159 e. The first-order valence-electron chi connectivity index (χ1n) is 8.19. The van der Waals surface area contributed by atoms with Crippen LogP contribution >= 0.6 is 23.2 Å². The molecule has 0 saturated carbocycles. The molecule has 0 aliphatic rings. The van der Waals surface area contributed by atoms with Crippen LogP contribution in [0.5, 0.6) is 0 Å². The van der Waals surface area contributed by atoms with Gasteiger partial charge in [-0.3, -0.25) is 0 Å². The lowest BCUT2D eigenvalue weighted by Crippen LogP contribution is -2.05. The van der Waals surface area contributed by atoms with Crippen LogP contribution in [-0.2, 0) is 0 Å². The predicted molar refractivity (Wildman–Crippen MR) is 113 cm³/mol. The van der Waals surface area contributed by atoms with Crippen LogP contribution in [0.4, 0.5) is 28.7 Å². The number of hydrogen-bond acceptors (Lipinski definition) is 5. The summed E-state index contributed by atoms with van der Waals surface area (Å²) in [7, 11) is 0. The van der Waals surface area contributed by atoms with Crippen LogP contribution < -0.4 is 16.4 Å². The Kier molecular flexibility index (Phi) is 4.71. The number of halogens is 2. The third kappa shape index (κ3) is 3.60. The Morgan fingerprint density at radius 3 is 2.26 bits per heavy atom. The molecule has 4 N–H and O–H groups in total. The summed E-state index contributed by atoms with van der Waals surface area (Å²) >= 11 is 12.2. The smallest absolute Gasteiger partial charge is 0.159 e. The van der Waals surface area contributed by atoms with Gasteiger partial charge in [0.25, 0.3) is 0 Å². The van der Waals surface area contributed by atoms with Crippen molar-refractivity contribution >= 4 is 62.7 Å². The van der Waals surface area contributed by atoms with Crippen molar-refractivity contribution in [2.75, 3.05) is 16.4 Å². The van der Waals surface area contributed by atoms with Gasteiger partial charge in [0.1, 0.15) is 12.0 Å². The van der Waals surface area contributed by atoms with Crippen LogP contribution in [0.25, 0.3) is 10.8 Å². The monoisotopic (exact) mass is 395 g/mol. The van der Waals surface area contributed by atoms with E-state index in [1.807, 2.05) is 30.3 Å². The fraction of sp³-hybridized carbons (Fsp3) is 0. The van der Waals surface area contributed by atoms with Crippen LogP contribution in [0.1, 0.15) is 0 Å². The van der Waals surface area contributed by atoms with Gasteiger partial charge in [-0.15, -0.1) is 0 Å².